The van der Waals surface area contributed by atoms with E-state index in [9.17, 15) is 24.6 Å². The van der Waals surface area contributed by atoms with Crippen molar-refractivity contribution >= 4 is 29.9 Å². The van der Waals surface area contributed by atoms with Crippen molar-refractivity contribution in [3.05, 3.63) is 178 Å². The molecule has 0 bridgehead atoms. The van der Waals surface area contributed by atoms with Crippen LogP contribution in [0.3, 0.4) is 0 Å². The Morgan fingerprint density at radius 3 is 2.23 bits per heavy atom. The molecule has 1 amide bonds. The molecule has 2 heterocycles. The van der Waals surface area contributed by atoms with Gasteiger partial charge in [-0.3, -0.25) is 24.0 Å². The number of allylic oxidation sites excluding steroid dienone is 1. The second-order valence-corrected chi connectivity index (χ2v) is 16.2. The van der Waals surface area contributed by atoms with Gasteiger partial charge in [-0.25, -0.2) is 0 Å². The largest absolute Gasteiger partial charge is 0.506 e. The lowest BCUT2D eigenvalue weighted by molar-refractivity contribution is -0.146. The zero-order valence-electron chi connectivity index (χ0n) is 36.3. The predicted molar refractivity (Wildman–Crippen MR) is 249 cm³/mol. The third kappa shape index (κ3) is 11.6. The Bertz CT molecular complexity index is 2520. The quantitative estimate of drug-likeness (QED) is 0.0241. The Morgan fingerprint density at radius 2 is 1.53 bits per heavy atom. The number of amides is 1. The average molecular weight is 861 g/mol. The van der Waals surface area contributed by atoms with Crippen LogP contribution in [0.1, 0.15) is 74.3 Å². The highest BCUT2D eigenvalue weighted by atomic mass is 16.5. The second-order valence-electron chi connectivity index (χ2n) is 16.2. The number of phenols is 1. The lowest BCUT2D eigenvalue weighted by Crippen LogP contribution is -2.35. The zero-order valence-corrected chi connectivity index (χ0v) is 36.3. The highest BCUT2D eigenvalue weighted by molar-refractivity contribution is 5.93. The number of likely N-dealkylation sites (tertiary alicyclic amines) is 1. The molecule has 0 radical (unpaired) electrons. The van der Waals surface area contributed by atoms with Gasteiger partial charge in [0.25, 0.3) is 5.91 Å². The number of aromatic hydroxyl groups is 1. The summed E-state index contributed by atoms with van der Waals surface area (Å²) in [6.45, 7) is 4.29. The molecule has 5 aromatic carbocycles. The summed E-state index contributed by atoms with van der Waals surface area (Å²) in [4.78, 5) is 40.8. The van der Waals surface area contributed by atoms with Gasteiger partial charge in [-0.1, -0.05) is 109 Å². The molecular weight excluding hydrogens is 805 g/mol. The molecule has 5 N–H and O–H groups in total. The van der Waals surface area contributed by atoms with Gasteiger partial charge < -0.3 is 30.9 Å². The summed E-state index contributed by atoms with van der Waals surface area (Å²) in [5, 5.41) is 34.9. The Balaban J connectivity index is 0.929. The minimum Gasteiger partial charge on any atom is -0.506 e. The summed E-state index contributed by atoms with van der Waals surface area (Å²) in [7, 11) is 3.46. The number of esters is 1. The van der Waals surface area contributed by atoms with E-state index < -0.39 is 12.0 Å². The van der Waals surface area contributed by atoms with Crippen LogP contribution in [0, 0.1) is 5.92 Å². The number of benzene rings is 5. The Kier molecular flexibility index (Phi) is 15.5. The molecule has 12 heteroatoms. The SMILES string of the molecule is CNc1c(O)ccc(C(O)CNCc2ccc(CNC(=O)c3cc(-c4cccc(C(C(=O)OCC5CCN(Cc6ccccc6)CC5)c5ccccc5)c4)n(C)n3)cc2)c1/C=C\C=O. The smallest absolute Gasteiger partial charge is 0.317 e. The van der Waals surface area contributed by atoms with E-state index in [-0.39, 0.29) is 29.9 Å². The van der Waals surface area contributed by atoms with E-state index in [0.29, 0.717) is 48.7 Å². The van der Waals surface area contributed by atoms with Crippen molar-refractivity contribution in [2.75, 3.05) is 38.6 Å². The van der Waals surface area contributed by atoms with E-state index in [1.807, 2.05) is 84.9 Å². The van der Waals surface area contributed by atoms with Crippen molar-refractivity contribution in [2.45, 2.75) is 44.5 Å². The third-order valence-corrected chi connectivity index (χ3v) is 11.8. The number of nitrogens with zero attached hydrogens (tertiary/aromatic N) is 3. The van der Waals surface area contributed by atoms with Gasteiger partial charge in [0.2, 0.25) is 0 Å². The first-order valence-electron chi connectivity index (χ1n) is 21.7. The van der Waals surface area contributed by atoms with Crippen LogP contribution in [0.5, 0.6) is 5.75 Å². The molecule has 0 spiro atoms. The average Bonchev–Trinajstić information content (AvgIpc) is 3.72. The molecular formula is C52H56N6O6. The number of ether oxygens (including phenoxy) is 1. The van der Waals surface area contributed by atoms with Gasteiger partial charge in [0.05, 0.1) is 24.1 Å². The van der Waals surface area contributed by atoms with Crippen LogP contribution >= 0.6 is 0 Å². The number of nitrogens with one attached hydrogen (secondary N) is 3. The van der Waals surface area contributed by atoms with Gasteiger partial charge in [-0.05, 0) is 95.6 Å². The molecule has 0 saturated carbocycles. The first-order valence-corrected chi connectivity index (χ1v) is 21.7. The monoisotopic (exact) mass is 860 g/mol. The number of aromatic nitrogens is 2. The Labute approximate surface area is 374 Å². The summed E-state index contributed by atoms with van der Waals surface area (Å²) >= 11 is 0. The number of carbonyl (C=O) groups is 3. The predicted octanol–water partition coefficient (Wildman–Crippen LogP) is 7.39. The molecule has 2 atom stereocenters. The van der Waals surface area contributed by atoms with E-state index >= 15 is 0 Å². The van der Waals surface area contributed by atoms with Gasteiger partial charge in [0.15, 0.2) is 5.69 Å². The Morgan fingerprint density at radius 1 is 0.844 bits per heavy atom. The number of phenolic OH excluding ortho intramolecular Hbond substituents is 1. The number of aliphatic hydroxyl groups is 1. The molecule has 7 rings (SSSR count). The molecule has 64 heavy (non-hydrogen) atoms. The standard InChI is InChI=1S/C52H56N6O6/c1-53-50-44(17-10-28-59)43(22-23-47(50)60)48(61)33-54-31-36-18-20-37(21-19-36)32-55-51(62)45-30-46(57(2)56-45)41-15-9-16-42(29-41)49(40-13-7-4-8-14-40)52(63)64-35-39-24-26-58(27-25-39)34-38-11-5-3-6-12-38/h3-23,28-30,39,48-49,53-54,60-61H,24-27,31-35H2,1-2H3,(H,55,62)/b17-10-. The lowest BCUT2D eigenvalue weighted by Gasteiger charge is -2.32. The zero-order chi connectivity index (χ0) is 44.8. The molecule has 1 aliphatic heterocycles. The number of carbonyl (C=O) groups excluding carboxylic acids is 3. The summed E-state index contributed by atoms with van der Waals surface area (Å²) < 4.78 is 7.76. The van der Waals surface area contributed by atoms with E-state index in [0.717, 1.165) is 66.0 Å². The molecule has 6 aromatic rings. The highest BCUT2D eigenvalue weighted by Gasteiger charge is 2.28. The molecule has 1 fully saturated rings. The molecule has 330 valence electrons. The van der Waals surface area contributed by atoms with E-state index in [2.05, 4.69) is 50.2 Å². The number of aliphatic hydroxyl groups excluding tert-OH is 1. The van der Waals surface area contributed by atoms with E-state index in [4.69, 9.17) is 4.74 Å². The van der Waals surface area contributed by atoms with Crippen molar-refractivity contribution in [3.63, 3.8) is 0 Å². The summed E-state index contributed by atoms with van der Waals surface area (Å²) in [6, 6.07) is 40.7. The van der Waals surface area contributed by atoms with Gasteiger partial charge in [-0.2, -0.15) is 5.10 Å². The van der Waals surface area contributed by atoms with Crippen LogP contribution < -0.4 is 16.0 Å². The topological polar surface area (TPSA) is 158 Å². The minimum atomic E-state index is -0.894. The number of hydrogen-bond acceptors (Lipinski definition) is 10. The van der Waals surface area contributed by atoms with Crippen molar-refractivity contribution in [3.8, 4) is 17.0 Å². The van der Waals surface area contributed by atoms with Crippen molar-refractivity contribution in [1.29, 1.82) is 0 Å². The van der Waals surface area contributed by atoms with Crippen molar-refractivity contribution in [1.82, 2.24) is 25.3 Å². The maximum absolute atomic E-state index is 14.0. The number of hydrogen-bond donors (Lipinski definition) is 5. The van der Waals surface area contributed by atoms with Crippen molar-refractivity contribution in [2.24, 2.45) is 13.0 Å². The van der Waals surface area contributed by atoms with Crippen LogP contribution in [0.15, 0.2) is 133 Å². The minimum absolute atomic E-state index is 0.0188. The van der Waals surface area contributed by atoms with E-state index in [1.54, 1.807) is 37.0 Å². The molecule has 2 unspecified atom stereocenters. The maximum atomic E-state index is 14.0. The molecule has 12 nitrogen and oxygen atoms in total. The fraction of sp³-hybridized carbons (Fsp3) is 0.269. The van der Waals surface area contributed by atoms with Gasteiger partial charge in [-0.15, -0.1) is 0 Å². The third-order valence-electron chi connectivity index (χ3n) is 11.8. The van der Waals surface area contributed by atoms with E-state index in [1.165, 1.54) is 17.7 Å². The maximum Gasteiger partial charge on any atom is 0.317 e. The fourth-order valence-corrected chi connectivity index (χ4v) is 8.28. The molecule has 1 saturated heterocycles. The van der Waals surface area contributed by atoms with Gasteiger partial charge >= 0.3 is 5.97 Å². The number of aldehydes is 1. The number of rotatable bonds is 19. The summed E-state index contributed by atoms with van der Waals surface area (Å²) in [5.74, 6) is -0.881. The second kappa shape index (κ2) is 22.0. The van der Waals surface area contributed by atoms with Gasteiger partial charge in [0, 0.05) is 51.4 Å². The van der Waals surface area contributed by atoms with Crippen LogP contribution in [0.4, 0.5) is 5.69 Å². The van der Waals surface area contributed by atoms with Crippen LogP contribution in [0.25, 0.3) is 17.3 Å². The molecule has 1 aliphatic rings. The van der Waals surface area contributed by atoms with Crippen LogP contribution in [0.2, 0.25) is 0 Å². The first-order chi connectivity index (χ1) is 31.2. The summed E-state index contributed by atoms with van der Waals surface area (Å²) in [6.07, 6.45) is 4.58. The molecule has 0 aliphatic carbocycles. The number of piperidine rings is 1. The highest BCUT2D eigenvalue weighted by Crippen LogP contribution is 2.34. The lowest BCUT2D eigenvalue weighted by atomic mass is 9.90. The Hall–Kier alpha value is -6.86. The van der Waals surface area contributed by atoms with Crippen molar-refractivity contribution < 1.29 is 29.3 Å². The van der Waals surface area contributed by atoms with Crippen LogP contribution in [-0.4, -0.2) is 76.3 Å². The number of aryl methyl sites for hydroxylation is 1. The first kappa shape index (κ1) is 45.2. The van der Waals surface area contributed by atoms with Crippen LogP contribution in [-0.2, 0) is 41.0 Å². The fourth-order valence-electron chi connectivity index (χ4n) is 8.28. The normalized spacial score (nSPS) is 14.2. The number of anilines is 1. The molecule has 1 aromatic heterocycles. The summed E-state index contributed by atoms with van der Waals surface area (Å²) in [5.41, 5.74) is 8.21. The van der Waals surface area contributed by atoms with Gasteiger partial charge in [0.1, 0.15) is 18.0 Å².